The summed E-state index contributed by atoms with van der Waals surface area (Å²) < 4.78 is 16.7. The maximum absolute atomic E-state index is 13.2. The van der Waals surface area contributed by atoms with Crippen molar-refractivity contribution >= 4 is 11.6 Å². The number of rotatable bonds is 11. The van der Waals surface area contributed by atoms with Gasteiger partial charge in [0.1, 0.15) is 6.17 Å². The van der Waals surface area contributed by atoms with Crippen molar-refractivity contribution in [3.05, 3.63) is 53.6 Å². The quantitative estimate of drug-likeness (QED) is 0.534. The molecule has 0 bridgehead atoms. The zero-order chi connectivity index (χ0) is 21.3. The molecule has 6 heteroatoms. The van der Waals surface area contributed by atoms with Gasteiger partial charge in [-0.3, -0.25) is 4.79 Å². The molecular weight excluding hydrogens is 380 g/mol. The van der Waals surface area contributed by atoms with Crippen LogP contribution in [0, 0.1) is 0 Å². The van der Waals surface area contributed by atoms with Gasteiger partial charge in [0.25, 0.3) is 5.91 Å². The molecule has 1 N–H and O–H groups in total. The van der Waals surface area contributed by atoms with Crippen LogP contribution >= 0.6 is 0 Å². The van der Waals surface area contributed by atoms with Crippen molar-refractivity contribution in [3.8, 4) is 11.5 Å². The van der Waals surface area contributed by atoms with Crippen LogP contribution in [0.2, 0.25) is 0 Å². The number of para-hydroxylation sites is 1. The number of nitrogens with zero attached hydrogens (tertiary/aromatic N) is 1. The van der Waals surface area contributed by atoms with E-state index in [1.54, 1.807) is 14.2 Å². The molecule has 0 fully saturated rings. The van der Waals surface area contributed by atoms with E-state index in [2.05, 4.69) is 12.2 Å². The highest BCUT2D eigenvalue weighted by atomic mass is 16.5. The van der Waals surface area contributed by atoms with E-state index in [1.165, 1.54) is 0 Å². The highest BCUT2D eigenvalue weighted by Gasteiger charge is 2.32. The average Bonchev–Trinajstić information content (AvgIpc) is 2.78. The average molecular weight is 413 g/mol. The number of carbonyl (C=O) groups is 1. The lowest BCUT2D eigenvalue weighted by Gasteiger charge is -2.38. The summed E-state index contributed by atoms with van der Waals surface area (Å²) in [7, 11) is 3.32. The zero-order valence-electron chi connectivity index (χ0n) is 18.1. The van der Waals surface area contributed by atoms with Crippen LogP contribution in [0.3, 0.4) is 0 Å². The van der Waals surface area contributed by atoms with Crippen molar-refractivity contribution in [3.63, 3.8) is 0 Å². The number of ether oxygens (including phenoxy) is 3. The van der Waals surface area contributed by atoms with Crippen LogP contribution in [-0.2, 0) is 4.74 Å². The Morgan fingerprint density at radius 3 is 2.60 bits per heavy atom. The third-order valence-corrected chi connectivity index (χ3v) is 5.28. The lowest BCUT2D eigenvalue weighted by Crippen LogP contribution is -2.43. The van der Waals surface area contributed by atoms with Gasteiger partial charge in [-0.1, -0.05) is 38.0 Å². The van der Waals surface area contributed by atoms with E-state index in [0.29, 0.717) is 31.1 Å². The van der Waals surface area contributed by atoms with Gasteiger partial charge in [0.15, 0.2) is 11.5 Å². The monoisotopic (exact) mass is 412 g/mol. The van der Waals surface area contributed by atoms with Crippen LogP contribution in [0.5, 0.6) is 11.5 Å². The second-order valence-electron chi connectivity index (χ2n) is 7.40. The first-order chi connectivity index (χ1) is 14.7. The van der Waals surface area contributed by atoms with Gasteiger partial charge in [-0.2, -0.15) is 0 Å². The van der Waals surface area contributed by atoms with Crippen molar-refractivity contribution < 1.29 is 19.0 Å². The number of methoxy groups -OCH3 is 2. The third kappa shape index (κ3) is 5.05. The fraction of sp³-hybridized carbons (Fsp3) is 0.458. The van der Waals surface area contributed by atoms with Crippen molar-refractivity contribution in [2.75, 3.05) is 39.3 Å². The van der Waals surface area contributed by atoms with E-state index in [9.17, 15) is 4.79 Å². The Bertz CT molecular complexity index is 840. The van der Waals surface area contributed by atoms with E-state index >= 15 is 0 Å². The molecule has 6 nitrogen and oxygen atoms in total. The van der Waals surface area contributed by atoms with Crippen LogP contribution in [0.25, 0.3) is 0 Å². The number of benzene rings is 2. The van der Waals surface area contributed by atoms with Gasteiger partial charge in [0.2, 0.25) is 0 Å². The predicted molar refractivity (Wildman–Crippen MR) is 118 cm³/mol. The van der Waals surface area contributed by atoms with Crippen LogP contribution in [-0.4, -0.2) is 44.8 Å². The molecule has 0 radical (unpaired) electrons. The van der Waals surface area contributed by atoms with E-state index in [0.717, 1.165) is 42.7 Å². The molecule has 1 atom stereocenters. The highest BCUT2D eigenvalue weighted by molar-refractivity contribution is 6.01. The molecule has 0 aliphatic carbocycles. The maximum Gasteiger partial charge on any atom is 0.257 e. The molecule has 0 saturated carbocycles. The predicted octanol–water partition coefficient (Wildman–Crippen LogP) is 4.87. The minimum Gasteiger partial charge on any atom is -0.493 e. The number of amides is 1. The summed E-state index contributed by atoms with van der Waals surface area (Å²) >= 11 is 0. The molecular formula is C24H32N2O4. The Kier molecular flexibility index (Phi) is 7.97. The molecule has 162 valence electrons. The smallest absolute Gasteiger partial charge is 0.257 e. The largest absolute Gasteiger partial charge is 0.493 e. The third-order valence-electron chi connectivity index (χ3n) is 5.28. The molecule has 3 rings (SSSR count). The van der Waals surface area contributed by atoms with Crippen LogP contribution in [0.4, 0.5) is 5.69 Å². The second kappa shape index (κ2) is 10.9. The number of unbranched alkanes of at least 4 members (excludes halogenated alkanes) is 2. The van der Waals surface area contributed by atoms with Crippen molar-refractivity contribution in [2.24, 2.45) is 0 Å². The summed E-state index contributed by atoms with van der Waals surface area (Å²) in [5.41, 5.74) is 2.48. The lowest BCUT2D eigenvalue weighted by atomic mass is 10.0. The number of anilines is 1. The molecule has 1 aliphatic heterocycles. The summed E-state index contributed by atoms with van der Waals surface area (Å²) in [6.07, 6.45) is 3.79. The number of hydrogen-bond donors (Lipinski definition) is 1. The summed E-state index contributed by atoms with van der Waals surface area (Å²) in [5.74, 6) is 1.42. The Balaban J connectivity index is 1.86. The molecule has 2 aromatic carbocycles. The Morgan fingerprint density at radius 2 is 1.83 bits per heavy atom. The Labute approximate surface area is 179 Å². The van der Waals surface area contributed by atoms with E-state index in [1.807, 2.05) is 47.4 Å². The summed E-state index contributed by atoms with van der Waals surface area (Å²) in [4.78, 5) is 15.1. The number of nitrogens with one attached hydrogen (secondary N) is 1. The molecule has 0 aromatic heterocycles. The van der Waals surface area contributed by atoms with E-state index in [-0.39, 0.29) is 12.1 Å². The number of carbonyl (C=O) groups excluding carboxylic acids is 1. The Hall–Kier alpha value is -2.73. The lowest BCUT2D eigenvalue weighted by molar-refractivity contribution is 0.0660. The summed E-state index contributed by atoms with van der Waals surface area (Å²) in [5, 5.41) is 3.52. The zero-order valence-corrected chi connectivity index (χ0v) is 18.1. The molecule has 2 aromatic rings. The fourth-order valence-electron chi connectivity index (χ4n) is 3.67. The minimum absolute atomic E-state index is 0.0179. The van der Waals surface area contributed by atoms with Crippen LogP contribution < -0.4 is 14.8 Å². The number of hydrogen-bond acceptors (Lipinski definition) is 5. The molecule has 1 amide bonds. The standard InChI is InChI=1S/C24H32N2O4/c1-4-5-8-16-30-21-13-12-18(17-22(21)29-3)23-25-20-11-7-6-10-19(20)24(27)26(23)14-9-15-28-2/h6-7,10-13,17,23,25H,4-5,8-9,14-16H2,1-3H3. The first-order valence-corrected chi connectivity index (χ1v) is 10.7. The van der Waals surface area contributed by atoms with Gasteiger partial charge in [-0.05, 0) is 42.7 Å². The van der Waals surface area contributed by atoms with Crippen molar-refractivity contribution in [2.45, 2.75) is 38.8 Å². The fourth-order valence-corrected chi connectivity index (χ4v) is 3.67. The molecule has 30 heavy (non-hydrogen) atoms. The highest BCUT2D eigenvalue weighted by Crippen LogP contribution is 2.37. The van der Waals surface area contributed by atoms with Gasteiger partial charge in [-0.25, -0.2) is 0 Å². The molecule has 0 spiro atoms. The van der Waals surface area contributed by atoms with Crippen molar-refractivity contribution in [1.82, 2.24) is 4.90 Å². The van der Waals surface area contributed by atoms with E-state index < -0.39 is 0 Å². The second-order valence-corrected chi connectivity index (χ2v) is 7.40. The Morgan fingerprint density at radius 1 is 1.00 bits per heavy atom. The maximum atomic E-state index is 13.2. The van der Waals surface area contributed by atoms with Gasteiger partial charge in [0.05, 0.1) is 19.3 Å². The first-order valence-electron chi connectivity index (χ1n) is 10.7. The van der Waals surface area contributed by atoms with Crippen molar-refractivity contribution in [1.29, 1.82) is 0 Å². The topological polar surface area (TPSA) is 60.0 Å². The van der Waals surface area contributed by atoms with Gasteiger partial charge < -0.3 is 24.4 Å². The molecule has 0 saturated heterocycles. The van der Waals surface area contributed by atoms with Gasteiger partial charge >= 0.3 is 0 Å². The first kappa shape index (κ1) is 22.0. The number of fused-ring (bicyclic) bond motifs is 1. The normalized spacial score (nSPS) is 15.5. The molecule has 1 heterocycles. The summed E-state index contributed by atoms with van der Waals surface area (Å²) in [6.45, 7) is 4.03. The van der Waals surface area contributed by atoms with E-state index in [4.69, 9.17) is 14.2 Å². The van der Waals surface area contributed by atoms with Crippen LogP contribution in [0.1, 0.15) is 54.7 Å². The molecule has 1 aliphatic rings. The SMILES string of the molecule is CCCCCOc1ccc(C2Nc3ccccc3C(=O)N2CCCOC)cc1OC. The summed E-state index contributed by atoms with van der Waals surface area (Å²) in [6, 6.07) is 13.5. The minimum atomic E-state index is -0.285. The van der Waals surface area contributed by atoms with Gasteiger partial charge in [-0.15, -0.1) is 0 Å². The molecule has 1 unspecified atom stereocenters. The van der Waals surface area contributed by atoms with Crippen LogP contribution in [0.15, 0.2) is 42.5 Å². The van der Waals surface area contributed by atoms with Gasteiger partial charge in [0, 0.05) is 25.9 Å².